The van der Waals surface area contributed by atoms with Gasteiger partial charge in [0.05, 0.1) is 52.9 Å². The third-order valence-electron chi connectivity index (χ3n) is 13.3. The van der Waals surface area contributed by atoms with E-state index in [4.69, 9.17) is 28.4 Å². The van der Waals surface area contributed by atoms with Crippen molar-refractivity contribution in [2.24, 2.45) is 0 Å². The molecular formula is C63H64N2O6. The minimum atomic E-state index is -0.417. The van der Waals surface area contributed by atoms with E-state index < -0.39 is 5.41 Å². The van der Waals surface area contributed by atoms with Crippen LogP contribution in [0.25, 0.3) is 33.4 Å². The van der Waals surface area contributed by atoms with Gasteiger partial charge in [-0.25, -0.2) is 0 Å². The summed E-state index contributed by atoms with van der Waals surface area (Å²) in [5.41, 5.74) is 15.9. The summed E-state index contributed by atoms with van der Waals surface area (Å²) >= 11 is 0. The van der Waals surface area contributed by atoms with Crippen LogP contribution in [0.2, 0.25) is 0 Å². The molecule has 8 heteroatoms. The second-order valence-electron chi connectivity index (χ2n) is 17.6. The van der Waals surface area contributed by atoms with E-state index >= 15 is 0 Å². The Kier molecular flexibility index (Phi) is 17.2. The maximum Gasteiger partial charge on any atom is 0.0701 e. The van der Waals surface area contributed by atoms with E-state index in [1.54, 1.807) is 14.2 Å². The Balaban J connectivity index is 1.07. The van der Waals surface area contributed by atoms with Crippen molar-refractivity contribution in [3.05, 3.63) is 217 Å². The van der Waals surface area contributed by atoms with Gasteiger partial charge in [0.15, 0.2) is 0 Å². The van der Waals surface area contributed by atoms with Crippen LogP contribution in [0.3, 0.4) is 0 Å². The summed E-state index contributed by atoms with van der Waals surface area (Å²) in [5.74, 6) is 0. The molecule has 0 saturated carbocycles. The molecule has 0 atom stereocenters. The van der Waals surface area contributed by atoms with Crippen molar-refractivity contribution in [2.75, 3.05) is 90.1 Å². The van der Waals surface area contributed by atoms with E-state index in [-0.39, 0.29) is 0 Å². The predicted octanol–water partition coefficient (Wildman–Crippen LogP) is 14.4. The number of hydrogen-bond acceptors (Lipinski definition) is 8. The minimum absolute atomic E-state index is 0.417. The van der Waals surface area contributed by atoms with E-state index in [0.29, 0.717) is 66.1 Å². The molecule has 0 bridgehead atoms. The van der Waals surface area contributed by atoms with Crippen LogP contribution in [-0.4, -0.2) is 80.3 Å². The largest absolute Gasteiger partial charge is 0.382 e. The van der Waals surface area contributed by atoms with Gasteiger partial charge in [0.1, 0.15) is 0 Å². The number of rotatable bonds is 26. The van der Waals surface area contributed by atoms with Gasteiger partial charge < -0.3 is 38.2 Å². The van der Waals surface area contributed by atoms with Crippen molar-refractivity contribution in [2.45, 2.75) is 18.3 Å². The molecule has 0 unspecified atom stereocenters. The molecule has 0 saturated heterocycles. The fourth-order valence-electron chi connectivity index (χ4n) is 9.75. The SMILES string of the molecule is COCCOCCOCCC1(CCOCCOCCOC)c2cc(-c3ccc(N(c4ccccc4)c4ccccc4)cc3)ccc2-c2ccc(-c3ccc(N(c4ccccc4)c4ccccc4)cc3)cc21. The van der Waals surface area contributed by atoms with Crippen LogP contribution in [0.4, 0.5) is 34.1 Å². The molecule has 8 aromatic rings. The highest BCUT2D eigenvalue weighted by molar-refractivity contribution is 5.87. The molecule has 362 valence electrons. The van der Waals surface area contributed by atoms with Gasteiger partial charge in [-0.1, -0.05) is 121 Å². The summed E-state index contributed by atoms with van der Waals surface area (Å²) in [6.45, 7) is 5.31. The number of ether oxygens (including phenoxy) is 6. The normalized spacial score (nSPS) is 12.4. The molecule has 8 aromatic carbocycles. The van der Waals surface area contributed by atoms with Crippen LogP contribution >= 0.6 is 0 Å². The molecule has 1 aliphatic rings. The average Bonchev–Trinajstić information content (AvgIpc) is 3.69. The molecular weight excluding hydrogens is 881 g/mol. The first kappa shape index (κ1) is 49.1. The number of methoxy groups -OCH3 is 2. The van der Waals surface area contributed by atoms with Crippen molar-refractivity contribution < 1.29 is 28.4 Å². The lowest BCUT2D eigenvalue weighted by Gasteiger charge is -2.33. The quantitative estimate of drug-likeness (QED) is 0.0498. The fourth-order valence-corrected chi connectivity index (χ4v) is 9.75. The Morgan fingerprint density at radius 1 is 0.296 bits per heavy atom. The third kappa shape index (κ3) is 11.8. The molecule has 9 rings (SSSR count). The number of benzene rings is 8. The van der Waals surface area contributed by atoms with Crippen molar-refractivity contribution in [1.82, 2.24) is 0 Å². The number of hydrogen-bond donors (Lipinski definition) is 0. The summed E-state index contributed by atoms with van der Waals surface area (Å²) in [6.07, 6.45) is 1.52. The first-order valence-electron chi connectivity index (χ1n) is 24.8. The zero-order valence-corrected chi connectivity index (χ0v) is 41.0. The smallest absolute Gasteiger partial charge is 0.0701 e. The summed E-state index contributed by atoms with van der Waals surface area (Å²) in [6, 6.07) is 74.1. The first-order chi connectivity index (χ1) is 35.2. The maximum atomic E-state index is 6.41. The molecule has 0 heterocycles. The Morgan fingerprint density at radius 2 is 0.577 bits per heavy atom. The Bertz CT molecular complexity index is 2570. The molecule has 0 N–H and O–H groups in total. The van der Waals surface area contributed by atoms with Gasteiger partial charge in [0, 0.05) is 67.0 Å². The number of nitrogens with zero attached hydrogens (tertiary/aromatic N) is 2. The molecule has 0 radical (unpaired) electrons. The van der Waals surface area contributed by atoms with E-state index in [9.17, 15) is 0 Å². The van der Waals surface area contributed by atoms with E-state index in [1.165, 1.54) is 22.3 Å². The Morgan fingerprint density at radius 3 is 0.901 bits per heavy atom. The number of fused-ring (bicyclic) bond motifs is 3. The van der Waals surface area contributed by atoms with Gasteiger partial charge in [0.2, 0.25) is 0 Å². The average molecular weight is 945 g/mol. The van der Waals surface area contributed by atoms with Crippen LogP contribution < -0.4 is 9.80 Å². The van der Waals surface area contributed by atoms with Gasteiger partial charge in [-0.2, -0.15) is 0 Å². The second kappa shape index (κ2) is 24.8. The van der Waals surface area contributed by atoms with Crippen LogP contribution in [-0.2, 0) is 33.8 Å². The van der Waals surface area contributed by atoms with Crippen LogP contribution in [0.5, 0.6) is 0 Å². The molecule has 8 nitrogen and oxygen atoms in total. The molecule has 0 aromatic heterocycles. The Labute approximate surface area is 420 Å². The molecule has 1 aliphatic carbocycles. The lowest BCUT2D eigenvalue weighted by Crippen LogP contribution is -2.30. The van der Waals surface area contributed by atoms with Crippen molar-refractivity contribution in [3.63, 3.8) is 0 Å². The molecule has 0 aliphatic heterocycles. The van der Waals surface area contributed by atoms with Gasteiger partial charge >= 0.3 is 0 Å². The van der Waals surface area contributed by atoms with Crippen LogP contribution in [0, 0.1) is 0 Å². The van der Waals surface area contributed by atoms with Crippen molar-refractivity contribution in [1.29, 1.82) is 0 Å². The zero-order chi connectivity index (χ0) is 48.5. The summed E-state index contributed by atoms with van der Waals surface area (Å²) < 4.78 is 34.8. The highest BCUT2D eigenvalue weighted by Crippen LogP contribution is 2.55. The summed E-state index contributed by atoms with van der Waals surface area (Å²) in [4.78, 5) is 4.60. The summed E-state index contributed by atoms with van der Waals surface area (Å²) in [7, 11) is 3.37. The molecule has 0 amide bonds. The van der Waals surface area contributed by atoms with Gasteiger partial charge in [-0.15, -0.1) is 0 Å². The number of anilines is 6. The van der Waals surface area contributed by atoms with Crippen molar-refractivity contribution >= 4 is 34.1 Å². The highest BCUT2D eigenvalue weighted by atomic mass is 16.5. The molecule has 71 heavy (non-hydrogen) atoms. The maximum absolute atomic E-state index is 6.41. The molecule has 0 fully saturated rings. The van der Waals surface area contributed by atoms with E-state index in [2.05, 4.69) is 216 Å². The van der Waals surface area contributed by atoms with Gasteiger partial charge in [-0.05, 0) is 142 Å². The molecule has 0 spiro atoms. The van der Waals surface area contributed by atoms with Crippen LogP contribution in [0.1, 0.15) is 24.0 Å². The Hall–Kier alpha value is -6.88. The topological polar surface area (TPSA) is 61.9 Å². The van der Waals surface area contributed by atoms with E-state index in [1.807, 2.05) is 0 Å². The summed E-state index contributed by atoms with van der Waals surface area (Å²) in [5, 5.41) is 0. The highest BCUT2D eigenvalue weighted by Gasteiger charge is 2.43. The van der Waals surface area contributed by atoms with Gasteiger partial charge in [-0.3, -0.25) is 0 Å². The third-order valence-corrected chi connectivity index (χ3v) is 13.3. The lowest BCUT2D eigenvalue weighted by molar-refractivity contribution is 0.0145. The monoisotopic (exact) mass is 944 g/mol. The first-order valence-corrected chi connectivity index (χ1v) is 24.8. The predicted molar refractivity (Wildman–Crippen MR) is 289 cm³/mol. The van der Waals surface area contributed by atoms with Gasteiger partial charge in [0.25, 0.3) is 0 Å². The second-order valence-corrected chi connectivity index (χ2v) is 17.6. The van der Waals surface area contributed by atoms with E-state index in [0.717, 1.165) is 69.2 Å². The minimum Gasteiger partial charge on any atom is -0.382 e. The van der Waals surface area contributed by atoms with Crippen molar-refractivity contribution in [3.8, 4) is 33.4 Å². The fraction of sp³-hybridized carbons (Fsp3) is 0.238. The standard InChI is InChI=1S/C63H64N2O6/c1-66-39-41-70-45-43-68-37-35-63(36-38-69-44-46-71-42-40-67-2)61-47-51(49-23-29-57(30-24-49)64(53-15-7-3-8-16-53)54-17-9-4-10-18-54)27-33-59(61)60-34-28-52(48-62(60)63)50-25-31-58(32-26-50)65(55-19-11-5-12-20-55)56-21-13-6-14-22-56/h3-34,47-48H,35-46H2,1-2H3. The zero-order valence-electron chi connectivity index (χ0n) is 41.0. The van der Waals surface area contributed by atoms with Crippen LogP contribution in [0.15, 0.2) is 206 Å². The number of para-hydroxylation sites is 4. The lowest BCUT2D eigenvalue weighted by atomic mass is 9.72.